The van der Waals surface area contributed by atoms with E-state index in [-0.39, 0.29) is 17.4 Å². The fourth-order valence-corrected chi connectivity index (χ4v) is 1.86. The van der Waals surface area contributed by atoms with Crippen molar-refractivity contribution in [3.8, 4) is 5.75 Å². The minimum atomic E-state index is -5.42. The first-order valence-electron chi connectivity index (χ1n) is 5.84. The first kappa shape index (κ1) is 15.6. The van der Waals surface area contributed by atoms with Gasteiger partial charge in [0, 0.05) is 11.6 Å². The molecule has 0 N–H and O–H groups in total. The van der Waals surface area contributed by atoms with Gasteiger partial charge in [0.1, 0.15) is 18.2 Å². The van der Waals surface area contributed by atoms with Gasteiger partial charge in [-0.25, -0.2) is 8.78 Å². The lowest BCUT2D eigenvalue weighted by Crippen LogP contribution is -2.36. The largest absolute Gasteiger partial charge is 0.512 e. The first-order chi connectivity index (χ1) is 9.79. The summed E-state index contributed by atoms with van der Waals surface area (Å²) in [5.74, 6) is -2.15. The Morgan fingerprint density at radius 1 is 1.00 bits per heavy atom. The van der Waals surface area contributed by atoms with Gasteiger partial charge in [-0.3, -0.25) is 0 Å². The van der Waals surface area contributed by atoms with Crippen LogP contribution in [0.4, 0.5) is 21.7 Å². The van der Waals surface area contributed by atoms with Gasteiger partial charge in [-0.1, -0.05) is 35.3 Å². The third-order valence-electron chi connectivity index (χ3n) is 2.75. The molecule has 0 radical (unpaired) electrons. The van der Waals surface area contributed by atoms with Crippen LogP contribution in [0.3, 0.4) is 0 Å². The summed E-state index contributed by atoms with van der Waals surface area (Å²) in [5, 5.41) is -0.145. The molecule has 0 fully saturated rings. The second-order valence-corrected chi connectivity index (χ2v) is 4.64. The van der Waals surface area contributed by atoms with Gasteiger partial charge >= 0.3 is 6.98 Å². The Hall–Kier alpha value is -1.76. The molecule has 1 nitrogen and oxygen atoms in total. The van der Waals surface area contributed by atoms with E-state index < -0.39 is 24.1 Å². The summed E-state index contributed by atoms with van der Waals surface area (Å²) in [4.78, 5) is 0. The summed E-state index contributed by atoms with van der Waals surface area (Å²) < 4.78 is 69.0. The summed E-state index contributed by atoms with van der Waals surface area (Å²) in [6, 6.07) is 6.31. The Bertz CT molecular complexity index is 659. The Morgan fingerprint density at radius 3 is 2.33 bits per heavy atom. The van der Waals surface area contributed by atoms with E-state index in [9.17, 15) is 21.7 Å². The molecule has 0 aliphatic carbocycles. The molecule has 8 heteroatoms. The third-order valence-corrected chi connectivity index (χ3v) is 3.17. The lowest BCUT2D eigenvalue weighted by molar-refractivity contribution is 0.304. The highest BCUT2D eigenvalue weighted by Crippen LogP contribution is 2.22. The van der Waals surface area contributed by atoms with E-state index in [1.54, 1.807) is 0 Å². The number of ether oxygens (including phenoxy) is 1. The van der Waals surface area contributed by atoms with Crippen LogP contribution in [0.25, 0.3) is 0 Å². The summed E-state index contributed by atoms with van der Waals surface area (Å²) in [6.45, 7) is -5.60. The van der Waals surface area contributed by atoms with Gasteiger partial charge in [-0.2, -0.15) is 0 Å². The zero-order chi connectivity index (χ0) is 15.6. The molecule has 0 aliphatic rings. The van der Waals surface area contributed by atoms with Crippen LogP contribution in [0.2, 0.25) is 5.02 Å². The molecule has 112 valence electrons. The summed E-state index contributed by atoms with van der Waals surface area (Å²) in [5.41, 5.74) is -1.01. The number of rotatable bonds is 4. The standard InChI is InChI=1S/C13H8BClF5O/c15-13-8(2-1-3-11(13)16)7-21-9-4-5-10(12(17)6-9)14(18,19)20/h1-6H,7H2/q-1. The zero-order valence-electron chi connectivity index (χ0n) is 10.4. The minimum absolute atomic E-state index is 0.100. The van der Waals surface area contributed by atoms with Crippen LogP contribution >= 0.6 is 11.6 Å². The molecular formula is C13H8BClF5O-. The minimum Gasteiger partial charge on any atom is -0.489 e. The highest BCUT2D eigenvalue weighted by molar-refractivity contribution is 6.73. The lowest BCUT2D eigenvalue weighted by atomic mass is 9.80. The molecule has 0 atom stereocenters. The second kappa shape index (κ2) is 5.93. The smallest absolute Gasteiger partial charge is 0.489 e. The molecule has 0 aliphatic heterocycles. The summed E-state index contributed by atoms with van der Waals surface area (Å²) in [6.07, 6.45) is 0. The van der Waals surface area contributed by atoms with E-state index in [2.05, 4.69) is 0 Å². The van der Waals surface area contributed by atoms with Crippen molar-refractivity contribution in [2.24, 2.45) is 0 Å². The van der Waals surface area contributed by atoms with Crippen LogP contribution in [0.5, 0.6) is 5.75 Å². The molecular weight excluding hydrogens is 313 g/mol. The Morgan fingerprint density at radius 2 is 1.71 bits per heavy atom. The molecule has 0 amide bonds. The lowest BCUT2D eigenvalue weighted by Gasteiger charge is -2.16. The fraction of sp³-hybridized carbons (Fsp3) is 0.0769. The Balaban J connectivity index is 2.14. The van der Waals surface area contributed by atoms with Crippen molar-refractivity contribution in [3.63, 3.8) is 0 Å². The van der Waals surface area contributed by atoms with Crippen molar-refractivity contribution in [1.82, 2.24) is 0 Å². The average Bonchev–Trinajstić information content (AvgIpc) is 2.39. The molecule has 2 aromatic rings. The van der Waals surface area contributed by atoms with E-state index in [0.717, 1.165) is 12.1 Å². The number of hydrogen-bond acceptors (Lipinski definition) is 1. The van der Waals surface area contributed by atoms with Crippen LogP contribution < -0.4 is 10.2 Å². The van der Waals surface area contributed by atoms with Gasteiger partial charge in [0.05, 0.1) is 10.8 Å². The molecule has 0 unspecified atom stereocenters. The molecule has 2 aromatic carbocycles. The molecule has 0 spiro atoms. The first-order valence-corrected chi connectivity index (χ1v) is 6.22. The third kappa shape index (κ3) is 3.67. The Labute approximate surface area is 122 Å². The SMILES string of the molecule is Fc1cc(OCc2cccc(F)c2Cl)ccc1[B-](F)(F)F. The topological polar surface area (TPSA) is 9.23 Å². The van der Waals surface area contributed by atoms with Gasteiger partial charge in [-0.15, -0.1) is 0 Å². The van der Waals surface area contributed by atoms with Crippen molar-refractivity contribution < 1.29 is 26.5 Å². The van der Waals surface area contributed by atoms with E-state index in [1.807, 2.05) is 0 Å². The normalized spacial score (nSPS) is 11.5. The van der Waals surface area contributed by atoms with E-state index in [0.29, 0.717) is 17.7 Å². The van der Waals surface area contributed by atoms with E-state index in [1.165, 1.54) is 12.1 Å². The van der Waals surface area contributed by atoms with Gasteiger partial charge in [0.2, 0.25) is 0 Å². The Kier molecular flexibility index (Phi) is 4.41. The van der Waals surface area contributed by atoms with Crippen molar-refractivity contribution in [2.75, 3.05) is 0 Å². The number of benzene rings is 2. The summed E-state index contributed by atoms with van der Waals surface area (Å²) in [7, 11) is 0. The van der Waals surface area contributed by atoms with E-state index >= 15 is 0 Å². The van der Waals surface area contributed by atoms with Crippen molar-refractivity contribution in [1.29, 1.82) is 0 Å². The van der Waals surface area contributed by atoms with Gasteiger partial charge in [-0.05, 0) is 12.1 Å². The molecule has 0 aromatic heterocycles. The number of hydrogen-bond donors (Lipinski definition) is 0. The van der Waals surface area contributed by atoms with Gasteiger partial charge in [0.25, 0.3) is 0 Å². The predicted octanol–water partition coefficient (Wildman–Crippen LogP) is 4.25. The van der Waals surface area contributed by atoms with Gasteiger partial charge < -0.3 is 17.7 Å². The van der Waals surface area contributed by atoms with Crippen LogP contribution in [0.15, 0.2) is 36.4 Å². The maximum absolute atomic E-state index is 13.3. The monoisotopic (exact) mass is 321 g/mol. The second-order valence-electron chi connectivity index (χ2n) is 4.26. The number of halogens is 6. The van der Waals surface area contributed by atoms with E-state index in [4.69, 9.17) is 16.3 Å². The quantitative estimate of drug-likeness (QED) is 0.604. The molecule has 0 saturated heterocycles. The van der Waals surface area contributed by atoms with Crippen LogP contribution in [0, 0.1) is 11.6 Å². The molecule has 2 rings (SSSR count). The fourth-order valence-electron chi connectivity index (χ4n) is 1.68. The molecule has 21 heavy (non-hydrogen) atoms. The molecule has 0 bridgehead atoms. The van der Waals surface area contributed by atoms with Crippen LogP contribution in [-0.2, 0) is 6.61 Å². The zero-order valence-corrected chi connectivity index (χ0v) is 11.2. The van der Waals surface area contributed by atoms with Crippen LogP contribution in [-0.4, -0.2) is 6.98 Å². The predicted molar refractivity (Wildman–Crippen MR) is 70.9 cm³/mol. The molecule has 0 saturated carbocycles. The van der Waals surface area contributed by atoms with Gasteiger partial charge in [0.15, 0.2) is 0 Å². The maximum Gasteiger partial charge on any atom is 0.512 e. The summed E-state index contributed by atoms with van der Waals surface area (Å²) >= 11 is 5.70. The highest BCUT2D eigenvalue weighted by atomic mass is 35.5. The molecule has 0 heterocycles. The van der Waals surface area contributed by atoms with Crippen molar-refractivity contribution in [3.05, 3.63) is 58.6 Å². The highest BCUT2D eigenvalue weighted by Gasteiger charge is 2.28. The maximum atomic E-state index is 13.3. The van der Waals surface area contributed by atoms with Crippen LogP contribution in [0.1, 0.15) is 5.56 Å². The van der Waals surface area contributed by atoms with Crippen molar-refractivity contribution in [2.45, 2.75) is 6.61 Å². The van der Waals surface area contributed by atoms with Crippen molar-refractivity contribution >= 4 is 24.0 Å². The average molecular weight is 321 g/mol.